The molecule has 0 saturated carbocycles. The molecule has 2 aromatic carbocycles. The van der Waals surface area contributed by atoms with E-state index in [2.05, 4.69) is 39.4 Å². The molecular formula is C22H27N3OS. The topological polar surface area (TPSA) is 35.6 Å². The van der Waals surface area contributed by atoms with E-state index in [1.54, 1.807) is 0 Å². The average Bonchev–Trinajstić information content (AvgIpc) is 2.73. The van der Waals surface area contributed by atoms with Crippen LogP contribution in [0.5, 0.6) is 0 Å². The Morgan fingerprint density at radius 3 is 2.22 bits per heavy atom. The van der Waals surface area contributed by atoms with Gasteiger partial charge in [0.1, 0.15) is 0 Å². The van der Waals surface area contributed by atoms with Crippen LogP contribution in [0, 0.1) is 0 Å². The van der Waals surface area contributed by atoms with E-state index >= 15 is 0 Å². The lowest BCUT2D eigenvalue weighted by atomic mass is 10.1. The van der Waals surface area contributed by atoms with Crippen molar-refractivity contribution < 1.29 is 4.79 Å². The molecule has 27 heavy (non-hydrogen) atoms. The minimum atomic E-state index is 0.219. The van der Waals surface area contributed by atoms with Crippen molar-refractivity contribution in [3.8, 4) is 0 Å². The molecule has 0 bridgehead atoms. The maximum Gasteiger partial charge on any atom is 0.169 e. The van der Waals surface area contributed by atoms with Crippen molar-refractivity contribution in [1.82, 2.24) is 15.1 Å². The first-order chi connectivity index (χ1) is 13.2. The first-order valence-corrected chi connectivity index (χ1v) is 10.0. The van der Waals surface area contributed by atoms with Gasteiger partial charge in [0.2, 0.25) is 0 Å². The van der Waals surface area contributed by atoms with E-state index in [0.29, 0.717) is 6.42 Å². The number of piperazine rings is 1. The maximum atomic E-state index is 12.2. The molecule has 0 spiro atoms. The minimum Gasteiger partial charge on any atom is -0.362 e. The van der Waals surface area contributed by atoms with Gasteiger partial charge in [-0.05, 0) is 24.2 Å². The molecule has 0 radical (unpaired) electrons. The highest BCUT2D eigenvalue weighted by atomic mass is 32.1. The number of nitrogens with zero attached hydrogens (tertiary/aromatic N) is 2. The lowest BCUT2D eigenvalue weighted by Crippen LogP contribution is -2.52. The Labute approximate surface area is 167 Å². The Morgan fingerprint density at radius 2 is 1.56 bits per heavy atom. The lowest BCUT2D eigenvalue weighted by Gasteiger charge is -2.36. The molecule has 1 N–H and O–H groups in total. The van der Waals surface area contributed by atoms with Gasteiger partial charge >= 0.3 is 0 Å². The SMILES string of the molecule is O=C(CCN1CCN(C(=S)NCCc2ccccc2)CC1)c1ccccc1. The molecule has 4 nitrogen and oxygen atoms in total. The van der Waals surface area contributed by atoms with Crippen molar-refractivity contribution in [3.05, 3.63) is 71.8 Å². The van der Waals surface area contributed by atoms with Gasteiger partial charge < -0.3 is 10.2 Å². The summed E-state index contributed by atoms with van der Waals surface area (Å²) in [5.41, 5.74) is 2.13. The number of rotatable bonds is 7. The van der Waals surface area contributed by atoms with E-state index < -0.39 is 0 Å². The highest BCUT2D eigenvalue weighted by Crippen LogP contribution is 2.07. The summed E-state index contributed by atoms with van der Waals surface area (Å²) in [5.74, 6) is 0.219. The summed E-state index contributed by atoms with van der Waals surface area (Å²) >= 11 is 5.54. The summed E-state index contributed by atoms with van der Waals surface area (Å²) in [7, 11) is 0. The zero-order chi connectivity index (χ0) is 18.9. The van der Waals surface area contributed by atoms with Crippen LogP contribution >= 0.6 is 12.2 Å². The molecule has 0 aromatic heterocycles. The van der Waals surface area contributed by atoms with Gasteiger partial charge in [-0.2, -0.15) is 0 Å². The van der Waals surface area contributed by atoms with Crippen LogP contribution in [0.15, 0.2) is 60.7 Å². The molecular weight excluding hydrogens is 354 g/mol. The fraction of sp³-hybridized carbons (Fsp3) is 0.364. The van der Waals surface area contributed by atoms with Crippen molar-refractivity contribution >= 4 is 23.1 Å². The second kappa shape index (κ2) is 10.2. The third-order valence-corrected chi connectivity index (χ3v) is 5.35. The van der Waals surface area contributed by atoms with E-state index in [-0.39, 0.29) is 5.78 Å². The van der Waals surface area contributed by atoms with E-state index in [9.17, 15) is 4.79 Å². The summed E-state index contributed by atoms with van der Waals surface area (Å²) in [6.07, 6.45) is 1.55. The highest BCUT2D eigenvalue weighted by Gasteiger charge is 2.19. The first kappa shape index (κ1) is 19.5. The van der Waals surface area contributed by atoms with Gasteiger partial charge in [0.05, 0.1) is 0 Å². The molecule has 0 atom stereocenters. The zero-order valence-electron chi connectivity index (χ0n) is 15.6. The van der Waals surface area contributed by atoms with Crippen LogP contribution in [0.4, 0.5) is 0 Å². The monoisotopic (exact) mass is 381 g/mol. The predicted octanol–water partition coefficient (Wildman–Crippen LogP) is 2.99. The molecule has 3 rings (SSSR count). The molecule has 1 aliphatic rings. The minimum absolute atomic E-state index is 0.219. The van der Waals surface area contributed by atoms with Crippen molar-refractivity contribution in [2.75, 3.05) is 39.3 Å². The third-order valence-electron chi connectivity index (χ3n) is 4.94. The molecule has 1 fully saturated rings. The Kier molecular flexibility index (Phi) is 7.36. The average molecular weight is 382 g/mol. The highest BCUT2D eigenvalue weighted by molar-refractivity contribution is 7.80. The molecule has 1 heterocycles. The van der Waals surface area contributed by atoms with Gasteiger partial charge in [0, 0.05) is 51.3 Å². The fourth-order valence-electron chi connectivity index (χ4n) is 3.27. The predicted molar refractivity (Wildman–Crippen MR) is 114 cm³/mol. The summed E-state index contributed by atoms with van der Waals surface area (Å²) in [4.78, 5) is 16.8. The normalized spacial score (nSPS) is 14.7. The quantitative estimate of drug-likeness (QED) is 0.589. The van der Waals surface area contributed by atoms with Gasteiger partial charge in [-0.15, -0.1) is 0 Å². The number of hydrogen-bond donors (Lipinski definition) is 1. The van der Waals surface area contributed by atoms with Gasteiger partial charge in [0.15, 0.2) is 10.9 Å². The Bertz CT molecular complexity index is 728. The van der Waals surface area contributed by atoms with Crippen LogP contribution in [-0.4, -0.2) is 60.0 Å². The number of ketones is 1. The third kappa shape index (κ3) is 6.15. The van der Waals surface area contributed by atoms with Crippen LogP contribution in [-0.2, 0) is 6.42 Å². The first-order valence-electron chi connectivity index (χ1n) is 9.60. The molecule has 0 aliphatic carbocycles. The number of thiocarbonyl (C=S) groups is 1. The van der Waals surface area contributed by atoms with Crippen LogP contribution in [0.2, 0.25) is 0 Å². The summed E-state index contributed by atoms with van der Waals surface area (Å²) in [6, 6.07) is 20.0. The number of hydrogen-bond acceptors (Lipinski definition) is 3. The number of carbonyl (C=O) groups is 1. The zero-order valence-corrected chi connectivity index (χ0v) is 16.5. The number of nitrogens with one attached hydrogen (secondary N) is 1. The van der Waals surface area contributed by atoms with E-state index in [0.717, 1.165) is 56.4 Å². The van der Waals surface area contributed by atoms with E-state index in [1.165, 1.54) is 5.56 Å². The lowest BCUT2D eigenvalue weighted by molar-refractivity contribution is 0.0951. The van der Waals surface area contributed by atoms with Crippen molar-refractivity contribution in [2.24, 2.45) is 0 Å². The fourth-order valence-corrected chi connectivity index (χ4v) is 3.56. The Hall–Kier alpha value is -2.24. The molecule has 5 heteroatoms. The Morgan fingerprint density at radius 1 is 0.926 bits per heavy atom. The van der Waals surface area contributed by atoms with Crippen LogP contribution in [0.1, 0.15) is 22.3 Å². The molecule has 2 aromatic rings. The largest absolute Gasteiger partial charge is 0.362 e. The van der Waals surface area contributed by atoms with E-state index in [1.807, 2.05) is 36.4 Å². The molecule has 1 aliphatic heterocycles. The van der Waals surface area contributed by atoms with Crippen LogP contribution in [0.3, 0.4) is 0 Å². The second-order valence-corrected chi connectivity index (χ2v) is 7.22. The van der Waals surface area contributed by atoms with Crippen LogP contribution < -0.4 is 5.32 Å². The molecule has 0 unspecified atom stereocenters. The second-order valence-electron chi connectivity index (χ2n) is 6.84. The Balaban J connectivity index is 1.33. The smallest absolute Gasteiger partial charge is 0.169 e. The van der Waals surface area contributed by atoms with Crippen LogP contribution in [0.25, 0.3) is 0 Å². The number of Topliss-reactive ketones (excluding diaryl/α,β-unsaturated/α-hetero) is 1. The van der Waals surface area contributed by atoms with Crippen molar-refractivity contribution in [3.63, 3.8) is 0 Å². The summed E-state index contributed by atoms with van der Waals surface area (Å²) in [6.45, 7) is 5.39. The summed E-state index contributed by atoms with van der Waals surface area (Å²) in [5, 5.41) is 4.21. The van der Waals surface area contributed by atoms with Crippen molar-refractivity contribution in [1.29, 1.82) is 0 Å². The van der Waals surface area contributed by atoms with Gasteiger partial charge in [-0.25, -0.2) is 0 Å². The molecule has 142 valence electrons. The number of carbonyl (C=O) groups excluding carboxylic acids is 1. The van der Waals surface area contributed by atoms with Gasteiger partial charge in [0.25, 0.3) is 0 Å². The summed E-state index contributed by atoms with van der Waals surface area (Å²) < 4.78 is 0. The number of benzene rings is 2. The molecule has 1 saturated heterocycles. The van der Waals surface area contributed by atoms with Gasteiger partial charge in [-0.3, -0.25) is 9.69 Å². The van der Waals surface area contributed by atoms with E-state index in [4.69, 9.17) is 12.2 Å². The van der Waals surface area contributed by atoms with Gasteiger partial charge in [-0.1, -0.05) is 60.7 Å². The molecule has 0 amide bonds. The maximum absolute atomic E-state index is 12.2. The van der Waals surface area contributed by atoms with Crippen molar-refractivity contribution in [2.45, 2.75) is 12.8 Å². The standard InChI is InChI=1S/C22H27N3OS/c26-21(20-9-5-2-6-10-20)12-14-24-15-17-25(18-16-24)22(27)23-13-11-19-7-3-1-4-8-19/h1-10H,11-18H2,(H,23,27).